The molecule has 0 aliphatic rings. The molecule has 0 N–H and O–H groups in total. The van der Waals surface area contributed by atoms with Crippen LogP contribution >= 0.6 is 0 Å². The minimum atomic E-state index is -5.47. The van der Waals surface area contributed by atoms with Gasteiger partial charge in [-0.05, 0) is 30.7 Å². The van der Waals surface area contributed by atoms with Gasteiger partial charge in [-0.1, -0.05) is 81.8 Å². The van der Waals surface area contributed by atoms with Crippen LogP contribution in [0.15, 0.2) is 60.7 Å². The molecule has 1 unspecified atom stereocenters. The third-order valence-electron chi connectivity index (χ3n) is 5.12. The van der Waals surface area contributed by atoms with Crippen LogP contribution in [-0.4, -0.2) is 18.1 Å². The summed E-state index contributed by atoms with van der Waals surface area (Å²) < 4.78 is 95.9. The van der Waals surface area contributed by atoms with Crippen molar-refractivity contribution in [2.75, 3.05) is 0 Å². The van der Waals surface area contributed by atoms with E-state index in [-0.39, 0.29) is 17.9 Å². The number of hydrogen-bond donors (Lipinski definition) is 0. The first-order valence-corrected chi connectivity index (χ1v) is 10.7. The Labute approximate surface area is 184 Å². The molecular weight excluding hydrogens is 434 g/mol. The van der Waals surface area contributed by atoms with Gasteiger partial charge >= 0.3 is 18.1 Å². The maximum absolute atomic E-state index is 14.5. The lowest BCUT2D eigenvalue weighted by atomic mass is 9.90. The van der Waals surface area contributed by atoms with Crippen LogP contribution in [0.5, 0.6) is 11.5 Å². The molecule has 2 rings (SSSR count). The molecule has 32 heavy (non-hydrogen) atoms. The van der Waals surface area contributed by atoms with Gasteiger partial charge in [-0.3, -0.25) is 0 Å². The minimum absolute atomic E-state index is 0.0258. The number of hydrogen-bond acceptors (Lipinski definition) is 2. The van der Waals surface area contributed by atoms with Gasteiger partial charge in [0.2, 0.25) is 0 Å². The van der Waals surface area contributed by atoms with E-state index in [1.54, 1.807) is 0 Å². The predicted molar refractivity (Wildman–Crippen MR) is 110 cm³/mol. The van der Waals surface area contributed by atoms with E-state index in [2.05, 4.69) is 0 Å². The van der Waals surface area contributed by atoms with Crippen molar-refractivity contribution in [2.24, 2.45) is 5.92 Å². The molecule has 0 saturated heterocycles. The summed E-state index contributed by atoms with van der Waals surface area (Å²) in [5, 5.41) is 0. The van der Waals surface area contributed by atoms with Crippen molar-refractivity contribution in [1.82, 2.24) is 0 Å². The van der Waals surface area contributed by atoms with E-state index < -0.39 is 30.5 Å². The summed E-state index contributed by atoms with van der Waals surface area (Å²) in [6.45, 7) is 2.00. The molecule has 2 aromatic carbocycles. The highest BCUT2D eigenvalue weighted by Crippen LogP contribution is 2.49. The molecule has 178 valence electrons. The van der Waals surface area contributed by atoms with Crippen LogP contribution in [0.25, 0.3) is 0 Å². The molecule has 1 atom stereocenters. The molecule has 0 bridgehead atoms. The van der Waals surface area contributed by atoms with Crippen molar-refractivity contribution in [3.05, 3.63) is 60.7 Å². The molecule has 0 fully saturated rings. The first-order valence-electron chi connectivity index (χ1n) is 10.7. The zero-order chi connectivity index (χ0) is 23.7. The lowest BCUT2D eigenvalue weighted by molar-refractivity contribution is -0.380. The first-order chi connectivity index (χ1) is 15.1. The zero-order valence-electron chi connectivity index (χ0n) is 17.9. The number of benzene rings is 2. The first kappa shape index (κ1) is 25.9. The van der Waals surface area contributed by atoms with Crippen LogP contribution in [-0.2, 0) is 0 Å². The summed E-state index contributed by atoms with van der Waals surface area (Å²) in [4.78, 5) is 0. The standard InChI is InChI=1S/C24H28F6O2/c1-2-3-4-5-6-13-18-21(23(25,26)27)22(24(28,29)30,31-19-14-9-7-10-15-19)32-20-16-11-8-12-17-20/h7-12,14-17,21H,2-6,13,18H2,1H3. The van der Waals surface area contributed by atoms with Gasteiger partial charge in [0.05, 0.1) is 0 Å². The van der Waals surface area contributed by atoms with Crippen molar-refractivity contribution < 1.29 is 35.8 Å². The molecule has 0 radical (unpaired) electrons. The lowest BCUT2D eigenvalue weighted by Crippen LogP contribution is -2.64. The third kappa shape index (κ3) is 7.07. The second-order valence-electron chi connectivity index (χ2n) is 7.65. The fraction of sp³-hybridized carbons (Fsp3) is 0.500. The second kappa shape index (κ2) is 11.5. The summed E-state index contributed by atoms with van der Waals surface area (Å²) >= 11 is 0. The average Bonchev–Trinajstić information content (AvgIpc) is 2.72. The average molecular weight is 462 g/mol. The van der Waals surface area contributed by atoms with E-state index in [0.717, 1.165) is 19.3 Å². The van der Waals surface area contributed by atoms with Gasteiger partial charge in [-0.25, -0.2) is 0 Å². The Morgan fingerprint density at radius 3 is 1.50 bits per heavy atom. The Balaban J connectivity index is 2.45. The number of ether oxygens (including phenoxy) is 2. The summed E-state index contributed by atoms with van der Waals surface area (Å²) in [6, 6.07) is 13.3. The van der Waals surface area contributed by atoms with Crippen LogP contribution in [0, 0.1) is 5.92 Å². The van der Waals surface area contributed by atoms with Crippen LogP contribution in [0.1, 0.15) is 51.9 Å². The van der Waals surface area contributed by atoms with E-state index in [0.29, 0.717) is 12.8 Å². The fourth-order valence-electron chi connectivity index (χ4n) is 3.50. The number of rotatable bonds is 12. The van der Waals surface area contributed by atoms with Gasteiger partial charge in [-0.15, -0.1) is 0 Å². The smallest absolute Gasteiger partial charge is 0.444 e. The topological polar surface area (TPSA) is 18.5 Å². The highest BCUT2D eigenvalue weighted by atomic mass is 19.4. The maximum Gasteiger partial charge on any atom is 0.468 e. The van der Waals surface area contributed by atoms with Crippen LogP contribution < -0.4 is 9.47 Å². The van der Waals surface area contributed by atoms with Gasteiger partial charge < -0.3 is 9.47 Å². The highest BCUT2D eigenvalue weighted by Gasteiger charge is 2.71. The Hall–Kier alpha value is -2.38. The maximum atomic E-state index is 14.5. The largest absolute Gasteiger partial charge is 0.468 e. The molecule has 0 spiro atoms. The number of halogens is 6. The second-order valence-corrected chi connectivity index (χ2v) is 7.65. The van der Waals surface area contributed by atoms with Gasteiger partial charge in [0.1, 0.15) is 17.4 Å². The molecule has 0 saturated carbocycles. The Morgan fingerprint density at radius 2 is 1.09 bits per heavy atom. The van der Waals surface area contributed by atoms with Crippen LogP contribution in [0.2, 0.25) is 0 Å². The van der Waals surface area contributed by atoms with E-state index in [9.17, 15) is 26.3 Å². The fourth-order valence-corrected chi connectivity index (χ4v) is 3.50. The van der Waals surface area contributed by atoms with Crippen molar-refractivity contribution >= 4 is 0 Å². The Kier molecular flexibility index (Phi) is 9.28. The van der Waals surface area contributed by atoms with Gasteiger partial charge in [-0.2, -0.15) is 26.3 Å². The molecule has 0 aromatic heterocycles. The minimum Gasteiger partial charge on any atom is -0.444 e. The zero-order valence-corrected chi connectivity index (χ0v) is 17.9. The SMILES string of the molecule is CCCCCCCCC(C(F)(F)F)C(Oc1ccccc1)(Oc1ccccc1)C(F)(F)F. The van der Waals surface area contributed by atoms with Gasteiger partial charge in [0, 0.05) is 0 Å². The third-order valence-corrected chi connectivity index (χ3v) is 5.12. The number of para-hydroxylation sites is 2. The van der Waals surface area contributed by atoms with E-state index in [1.165, 1.54) is 60.7 Å². The molecule has 0 aliphatic carbocycles. The van der Waals surface area contributed by atoms with E-state index in [4.69, 9.17) is 9.47 Å². The summed E-state index contributed by atoms with van der Waals surface area (Å²) in [5.74, 6) is -7.57. The molecule has 2 nitrogen and oxygen atoms in total. The molecular formula is C24H28F6O2. The molecule has 2 aromatic rings. The molecule has 0 heterocycles. The van der Waals surface area contributed by atoms with Crippen molar-refractivity contribution in [2.45, 2.75) is 70.0 Å². The number of alkyl halides is 6. The summed E-state index contributed by atoms with van der Waals surface area (Å²) in [5.41, 5.74) is 0. The summed E-state index contributed by atoms with van der Waals surface area (Å²) in [7, 11) is 0. The number of unbranched alkanes of at least 4 members (excludes halogenated alkanes) is 5. The van der Waals surface area contributed by atoms with E-state index >= 15 is 0 Å². The van der Waals surface area contributed by atoms with Crippen molar-refractivity contribution in [3.63, 3.8) is 0 Å². The molecule has 0 amide bonds. The Bertz CT molecular complexity index is 733. The predicted octanol–water partition coefficient (Wildman–Crippen LogP) is 8.33. The Morgan fingerprint density at radius 1 is 0.656 bits per heavy atom. The van der Waals surface area contributed by atoms with E-state index in [1.807, 2.05) is 6.92 Å². The van der Waals surface area contributed by atoms with Crippen molar-refractivity contribution in [3.8, 4) is 11.5 Å². The monoisotopic (exact) mass is 462 g/mol. The van der Waals surface area contributed by atoms with Gasteiger partial charge in [0.15, 0.2) is 0 Å². The lowest BCUT2D eigenvalue weighted by Gasteiger charge is -2.42. The molecule has 0 aliphatic heterocycles. The van der Waals surface area contributed by atoms with Crippen LogP contribution in [0.4, 0.5) is 26.3 Å². The summed E-state index contributed by atoms with van der Waals surface area (Å²) in [6.07, 6.45) is -7.69. The van der Waals surface area contributed by atoms with Crippen LogP contribution in [0.3, 0.4) is 0 Å². The van der Waals surface area contributed by atoms with Gasteiger partial charge in [0.25, 0.3) is 0 Å². The normalized spacial score (nSPS) is 13.6. The highest BCUT2D eigenvalue weighted by molar-refractivity contribution is 5.25. The van der Waals surface area contributed by atoms with Crippen molar-refractivity contribution in [1.29, 1.82) is 0 Å². The quantitative estimate of drug-likeness (QED) is 0.179. The molecule has 8 heteroatoms.